The summed E-state index contributed by atoms with van der Waals surface area (Å²) in [5, 5.41) is 0.660. The van der Waals surface area contributed by atoms with Crippen LogP contribution >= 0.6 is 11.6 Å². The van der Waals surface area contributed by atoms with E-state index in [9.17, 15) is 4.39 Å². The van der Waals surface area contributed by atoms with Crippen LogP contribution in [0.1, 0.15) is 12.0 Å². The second kappa shape index (κ2) is 3.60. The summed E-state index contributed by atoms with van der Waals surface area (Å²) >= 11 is 6.09. The summed E-state index contributed by atoms with van der Waals surface area (Å²) in [7, 11) is 0. The van der Waals surface area contributed by atoms with Crippen LogP contribution in [0.25, 0.3) is 0 Å². The number of halogens is 2. The molecule has 1 saturated heterocycles. The summed E-state index contributed by atoms with van der Waals surface area (Å²) in [5.41, 5.74) is 0.180. The quantitative estimate of drug-likeness (QED) is 0.697. The minimum atomic E-state index is -1.08. The van der Waals surface area contributed by atoms with Gasteiger partial charge >= 0.3 is 0 Å². The Morgan fingerprint density at radius 1 is 1.44 bits per heavy atom. The molecule has 0 aliphatic carbocycles. The summed E-state index contributed by atoms with van der Waals surface area (Å²) < 4.78 is 24.8. The van der Waals surface area contributed by atoms with E-state index in [1.165, 1.54) is 0 Å². The number of hydrogen-bond acceptors (Lipinski definition) is 2. The minimum Gasteiger partial charge on any atom is -0.483 e. The van der Waals surface area contributed by atoms with Crippen molar-refractivity contribution in [3.8, 4) is 5.75 Å². The Hall–Kier alpha value is -0.800. The minimum absolute atomic E-state index is 0.117. The molecular weight excluding hydrogens is 231 g/mol. The van der Waals surface area contributed by atoms with Crippen molar-refractivity contribution in [3.05, 3.63) is 28.8 Å². The number of fused-ring (bicyclic) bond motifs is 1. The van der Waals surface area contributed by atoms with Crippen molar-refractivity contribution in [3.63, 3.8) is 0 Å². The molecule has 2 aliphatic heterocycles. The Morgan fingerprint density at radius 2 is 2.31 bits per heavy atom. The van der Waals surface area contributed by atoms with Crippen molar-refractivity contribution in [1.29, 1.82) is 0 Å². The second-order valence-corrected chi connectivity index (χ2v) is 4.76. The van der Waals surface area contributed by atoms with Crippen molar-refractivity contribution in [1.82, 2.24) is 0 Å². The first-order chi connectivity index (χ1) is 7.71. The monoisotopic (exact) mass is 242 g/mol. The smallest absolute Gasteiger partial charge is 0.163 e. The van der Waals surface area contributed by atoms with Gasteiger partial charge in [-0.3, -0.25) is 0 Å². The van der Waals surface area contributed by atoms with Crippen molar-refractivity contribution in [2.24, 2.45) is 0 Å². The first-order valence-corrected chi connectivity index (χ1v) is 5.77. The summed E-state index contributed by atoms with van der Waals surface area (Å²) in [6.45, 7) is 0.664. The van der Waals surface area contributed by atoms with Gasteiger partial charge in [0.25, 0.3) is 0 Å². The van der Waals surface area contributed by atoms with Crippen LogP contribution in [0.2, 0.25) is 5.02 Å². The molecule has 1 aromatic rings. The van der Waals surface area contributed by atoms with Crippen LogP contribution in [-0.4, -0.2) is 25.0 Å². The van der Waals surface area contributed by atoms with E-state index >= 15 is 0 Å². The van der Waals surface area contributed by atoms with Crippen molar-refractivity contribution in [2.45, 2.75) is 24.6 Å². The first-order valence-electron chi connectivity index (χ1n) is 5.39. The number of ether oxygens (including phenoxy) is 2. The topological polar surface area (TPSA) is 18.5 Å². The van der Waals surface area contributed by atoms with Gasteiger partial charge in [0, 0.05) is 23.4 Å². The number of benzene rings is 1. The van der Waals surface area contributed by atoms with Gasteiger partial charge in [0.05, 0.1) is 13.2 Å². The van der Waals surface area contributed by atoms with Gasteiger partial charge in [0.1, 0.15) is 11.4 Å². The molecule has 3 rings (SSSR count). The predicted octanol–water partition coefficient (Wildman–Crippen LogP) is 2.77. The third-order valence-electron chi connectivity index (χ3n) is 3.37. The van der Waals surface area contributed by atoms with Gasteiger partial charge in [-0.15, -0.1) is 0 Å². The van der Waals surface area contributed by atoms with Gasteiger partial charge in [0.15, 0.2) is 6.17 Å². The Kier molecular flexibility index (Phi) is 2.33. The summed E-state index contributed by atoms with van der Waals surface area (Å²) in [6, 6.07) is 5.49. The molecule has 2 aliphatic rings. The molecule has 0 aromatic heterocycles. The van der Waals surface area contributed by atoms with Crippen LogP contribution in [0.4, 0.5) is 4.39 Å². The molecule has 0 N–H and O–H groups in total. The van der Waals surface area contributed by atoms with E-state index in [0.29, 0.717) is 24.5 Å². The predicted molar refractivity (Wildman–Crippen MR) is 58.8 cm³/mol. The molecule has 2 heterocycles. The molecule has 1 fully saturated rings. The van der Waals surface area contributed by atoms with E-state index in [0.717, 1.165) is 11.3 Å². The summed E-state index contributed by atoms with van der Waals surface area (Å²) in [6.07, 6.45) is 0.0517. The van der Waals surface area contributed by atoms with E-state index in [2.05, 4.69) is 0 Å². The number of alkyl halides is 1. The molecule has 2 atom stereocenters. The SMILES string of the molecule is FC1COCCC12Cc1c(Cl)cccc1O2. The lowest BCUT2D eigenvalue weighted by atomic mass is 9.88. The zero-order valence-corrected chi connectivity index (χ0v) is 9.47. The van der Waals surface area contributed by atoms with Crippen LogP contribution < -0.4 is 4.74 Å². The number of hydrogen-bond donors (Lipinski definition) is 0. The van der Waals surface area contributed by atoms with E-state index in [4.69, 9.17) is 21.1 Å². The van der Waals surface area contributed by atoms with Crippen LogP contribution in [0.3, 0.4) is 0 Å². The molecule has 0 saturated carbocycles. The fourth-order valence-corrected chi connectivity index (χ4v) is 2.65. The first kappa shape index (κ1) is 10.4. The molecule has 0 radical (unpaired) electrons. The third kappa shape index (κ3) is 1.42. The lowest BCUT2D eigenvalue weighted by Crippen LogP contribution is -2.50. The molecule has 2 nitrogen and oxygen atoms in total. The zero-order chi connectivity index (χ0) is 11.2. The number of rotatable bonds is 0. The molecule has 1 aromatic carbocycles. The molecule has 1 spiro atoms. The normalized spacial score (nSPS) is 32.5. The molecule has 0 bridgehead atoms. The van der Waals surface area contributed by atoms with Gasteiger partial charge in [-0.2, -0.15) is 0 Å². The highest BCUT2D eigenvalue weighted by Gasteiger charge is 2.49. The lowest BCUT2D eigenvalue weighted by molar-refractivity contribution is -0.0954. The maximum absolute atomic E-state index is 13.9. The largest absolute Gasteiger partial charge is 0.483 e. The lowest BCUT2D eigenvalue weighted by Gasteiger charge is -2.35. The van der Waals surface area contributed by atoms with E-state index < -0.39 is 11.8 Å². The van der Waals surface area contributed by atoms with Crippen molar-refractivity contribution in [2.75, 3.05) is 13.2 Å². The molecule has 86 valence electrons. The van der Waals surface area contributed by atoms with E-state index in [1.54, 1.807) is 0 Å². The zero-order valence-electron chi connectivity index (χ0n) is 8.71. The Bertz CT molecular complexity index is 423. The van der Waals surface area contributed by atoms with Gasteiger partial charge < -0.3 is 9.47 Å². The highest BCUT2D eigenvalue weighted by molar-refractivity contribution is 6.31. The maximum atomic E-state index is 13.9. The summed E-state index contributed by atoms with van der Waals surface area (Å²) in [5.74, 6) is 0.719. The van der Waals surface area contributed by atoms with Gasteiger partial charge in [-0.25, -0.2) is 4.39 Å². The maximum Gasteiger partial charge on any atom is 0.163 e. The fourth-order valence-electron chi connectivity index (χ4n) is 2.41. The highest BCUT2D eigenvalue weighted by atomic mass is 35.5. The van der Waals surface area contributed by atoms with E-state index in [1.807, 2.05) is 18.2 Å². The Labute approximate surface area is 98.3 Å². The Morgan fingerprint density at radius 3 is 3.06 bits per heavy atom. The molecular formula is C12H12ClFO2. The molecule has 4 heteroatoms. The van der Waals surface area contributed by atoms with Gasteiger partial charge in [-0.1, -0.05) is 17.7 Å². The fraction of sp³-hybridized carbons (Fsp3) is 0.500. The summed E-state index contributed by atoms with van der Waals surface area (Å²) in [4.78, 5) is 0. The molecule has 16 heavy (non-hydrogen) atoms. The van der Waals surface area contributed by atoms with Crippen LogP contribution in [0.15, 0.2) is 18.2 Å². The molecule has 2 unspecified atom stereocenters. The second-order valence-electron chi connectivity index (χ2n) is 4.35. The van der Waals surface area contributed by atoms with Crippen LogP contribution in [0.5, 0.6) is 5.75 Å². The average Bonchev–Trinajstić information content (AvgIpc) is 2.64. The Balaban J connectivity index is 1.97. The van der Waals surface area contributed by atoms with E-state index in [-0.39, 0.29) is 6.61 Å². The van der Waals surface area contributed by atoms with Crippen molar-refractivity contribution >= 4 is 11.6 Å². The van der Waals surface area contributed by atoms with Crippen LogP contribution in [-0.2, 0) is 11.2 Å². The van der Waals surface area contributed by atoms with Gasteiger partial charge in [0.2, 0.25) is 0 Å². The molecule has 0 amide bonds. The standard InChI is InChI=1S/C12H12ClFO2/c13-9-2-1-3-10-8(9)6-12(16-10)4-5-15-7-11(12)14/h1-3,11H,4-7H2. The van der Waals surface area contributed by atoms with Gasteiger partial charge in [-0.05, 0) is 12.1 Å². The highest BCUT2D eigenvalue weighted by Crippen LogP contribution is 2.44. The van der Waals surface area contributed by atoms with Crippen LogP contribution in [0, 0.1) is 0 Å². The average molecular weight is 243 g/mol. The third-order valence-corrected chi connectivity index (χ3v) is 3.72. The van der Waals surface area contributed by atoms with Crippen molar-refractivity contribution < 1.29 is 13.9 Å².